The van der Waals surface area contributed by atoms with Crippen molar-refractivity contribution in [1.82, 2.24) is 20.5 Å². The number of aliphatic imine (C=N–C) groups is 1. The summed E-state index contributed by atoms with van der Waals surface area (Å²) < 4.78 is 37.6. The molecule has 0 aromatic carbocycles. The molecule has 0 radical (unpaired) electrons. The first-order chi connectivity index (χ1) is 11.9. The van der Waals surface area contributed by atoms with Crippen LogP contribution in [0.5, 0.6) is 0 Å². The highest BCUT2D eigenvalue weighted by molar-refractivity contribution is 7.09. The Labute approximate surface area is 150 Å². The molecular formula is C16H26F3N5S. The lowest BCUT2D eigenvalue weighted by atomic mass is 9.93. The predicted molar refractivity (Wildman–Crippen MR) is 94.8 cm³/mol. The number of alkyl halides is 3. The van der Waals surface area contributed by atoms with Crippen molar-refractivity contribution in [2.75, 3.05) is 33.2 Å². The third-order valence-corrected chi connectivity index (χ3v) is 5.32. The Hall–Kier alpha value is -1.35. The van der Waals surface area contributed by atoms with Crippen LogP contribution in [0.25, 0.3) is 0 Å². The maximum atomic E-state index is 12.5. The number of nitrogens with one attached hydrogen (secondary N) is 2. The molecule has 0 aliphatic carbocycles. The van der Waals surface area contributed by atoms with Crippen LogP contribution in [0.3, 0.4) is 0 Å². The van der Waals surface area contributed by atoms with Crippen molar-refractivity contribution in [3.63, 3.8) is 0 Å². The number of halogens is 3. The van der Waals surface area contributed by atoms with Crippen molar-refractivity contribution in [2.45, 2.75) is 38.9 Å². The van der Waals surface area contributed by atoms with Crippen LogP contribution in [-0.4, -0.2) is 49.1 Å². The predicted octanol–water partition coefficient (Wildman–Crippen LogP) is 2.95. The Morgan fingerprint density at radius 3 is 2.64 bits per heavy atom. The molecule has 0 atom stereocenters. The van der Waals surface area contributed by atoms with Gasteiger partial charge in [0.05, 0.1) is 6.54 Å². The summed E-state index contributed by atoms with van der Waals surface area (Å²) in [5.74, 6) is 1.32. The molecule has 1 saturated heterocycles. The first-order valence-corrected chi connectivity index (χ1v) is 9.48. The SMILES string of the molecule is CCN1CCC(CCNC(=NC)NCc2nc(C(F)(F)F)cs2)CC1. The molecule has 1 aliphatic rings. The Kier molecular flexibility index (Phi) is 7.49. The van der Waals surface area contributed by atoms with E-state index < -0.39 is 11.9 Å². The van der Waals surface area contributed by atoms with Gasteiger partial charge in [0.2, 0.25) is 0 Å². The zero-order valence-corrected chi connectivity index (χ0v) is 15.5. The van der Waals surface area contributed by atoms with Crippen LogP contribution in [0, 0.1) is 5.92 Å². The summed E-state index contributed by atoms with van der Waals surface area (Å²) in [4.78, 5) is 10.2. The first-order valence-electron chi connectivity index (χ1n) is 8.60. The van der Waals surface area contributed by atoms with Gasteiger partial charge < -0.3 is 15.5 Å². The molecule has 0 spiro atoms. The highest BCUT2D eigenvalue weighted by Crippen LogP contribution is 2.29. The fraction of sp³-hybridized carbons (Fsp3) is 0.750. The fourth-order valence-electron chi connectivity index (χ4n) is 2.89. The van der Waals surface area contributed by atoms with Crippen LogP contribution in [-0.2, 0) is 12.7 Å². The summed E-state index contributed by atoms with van der Waals surface area (Å²) >= 11 is 0.997. The van der Waals surface area contributed by atoms with Gasteiger partial charge in [0.1, 0.15) is 5.01 Å². The third-order valence-electron chi connectivity index (χ3n) is 4.47. The van der Waals surface area contributed by atoms with E-state index in [-0.39, 0.29) is 6.54 Å². The molecule has 9 heteroatoms. The lowest BCUT2D eigenvalue weighted by Gasteiger charge is -2.31. The summed E-state index contributed by atoms with van der Waals surface area (Å²) in [6.07, 6.45) is -0.864. The van der Waals surface area contributed by atoms with Gasteiger partial charge >= 0.3 is 6.18 Å². The van der Waals surface area contributed by atoms with Crippen molar-refractivity contribution in [3.05, 3.63) is 16.1 Å². The molecule has 25 heavy (non-hydrogen) atoms. The normalized spacial score (nSPS) is 17.7. The highest BCUT2D eigenvalue weighted by Gasteiger charge is 2.33. The van der Waals surface area contributed by atoms with Crippen molar-refractivity contribution < 1.29 is 13.2 Å². The molecule has 0 saturated carbocycles. The summed E-state index contributed by atoms with van der Waals surface area (Å²) in [6.45, 7) is 6.68. The zero-order valence-electron chi connectivity index (χ0n) is 14.7. The average molecular weight is 377 g/mol. The number of hydrogen-bond acceptors (Lipinski definition) is 4. The fourth-order valence-corrected chi connectivity index (χ4v) is 3.63. The molecule has 0 bridgehead atoms. The lowest BCUT2D eigenvalue weighted by Crippen LogP contribution is -2.39. The van der Waals surface area contributed by atoms with E-state index in [9.17, 15) is 13.2 Å². The quantitative estimate of drug-likeness (QED) is 0.591. The van der Waals surface area contributed by atoms with Crippen LogP contribution in [0.2, 0.25) is 0 Å². The second-order valence-electron chi connectivity index (χ2n) is 6.14. The molecule has 5 nitrogen and oxygen atoms in total. The van der Waals surface area contributed by atoms with E-state index in [0.29, 0.717) is 11.0 Å². The number of likely N-dealkylation sites (tertiary alicyclic amines) is 1. The van der Waals surface area contributed by atoms with E-state index in [1.807, 2.05) is 0 Å². The highest BCUT2D eigenvalue weighted by atomic mass is 32.1. The minimum atomic E-state index is -4.39. The molecule has 1 aliphatic heterocycles. The molecule has 1 aromatic rings. The number of nitrogens with zero attached hydrogens (tertiary/aromatic N) is 3. The van der Waals surface area contributed by atoms with Crippen LogP contribution < -0.4 is 10.6 Å². The minimum Gasteiger partial charge on any atom is -0.356 e. The van der Waals surface area contributed by atoms with Crippen molar-refractivity contribution >= 4 is 17.3 Å². The first kappa shape index (κ1) is 20.0. The zero-order chi connectivity index (χ0) is 18.3. The summed E-state index contributed by atoms with van der Waals surface area (Å²) in [7, 11) is 1.65. The number of rotatable bonds is 6. The van der Waals surface area contributed by atoms with Crippen molar-refractivity contribution in [2.24, 2.45) is 10.9 Å². The van der Waals surface area contributed by atoms with Gasteiger partial charge in [0.15, 0.2) is 11.7 Å². The number of hydrogen-bond donors (Lipinski definition) is 2. The van der Waals surface area contributed by atoms with Gasteiger partial charge in [0.25, 0.3) is 0 Å². The Morgan fingerprint density at radius 1 is 1.36 bits per heavy atom. The van der Waals surface area contributed by atoms with Gasteiger partial charge in [-0.05, 0) is 44.8 Å². The molecule has 2 heterocycles. The summed E-state index contributed by atoms with van der Waals surface area (Å²) in [6, 6.07) is 0. The second-order valence-corrected chi connectivity index (χ2v) is 7.09. The molecule has 0 amide bonds. The minimum absolute atomic E-state index is 0.231. The standard InChI is InChI=1S/C16H26F3N5S/c1-3-24-8-5-12(6-9-24)4-7-21-15(20-2)22-10-14-23-13(11-25-14)16(17,18)19/h11-12H,3-10H2,1-2H3,(H2,20,21,22). The van der Waals surface area contributed by atoms with E-state index in [2.05, 4.69) is 32.4 Å². The van der Waals surface area contributed by atoms with E-state index in [1.54, 1.807) is 7.05 Å². The molecule has 2 N–H and O–H groups in total. The molecule has 0 unspecified atom stereocenters. The number of piperidine rings is 1. The van der Waals surface area contributed by atoms with Gasteiger partial charge in [-0.25, -0.2) is 4.98 Å². The van der Waals surface area contributed by atoms with E-state index in [4.69, 9.17) is 0 Å². The van der Waals surface area contributed by atoms with E-state index in [0.717, 1.165) is 42.1 Å². The van der Waals surface area contributed by atoms with Gasteiger partial charge in [0, 0.05) is 19.0 Å². The van der Waals surface area contributed by atoms with Crippen molar-refractivity contribution in [3.8, 4) is 0 Å². The van der Waals surface area contributed by atoms with Crippen LogP contribution in [0.15, 0.2) is 10.4 Å². The molecule has 1 fully saturated rings. The number of thiazole rings is 1. The van der Waals surface area contributed by atoms with E-state index >= 15 is 0 Å². The van der Waals surface area contributed by atoms with Crippen LogP contribution in [0.4, 0.5) is 13.2 Å². The van der Waals surface area contributed by atoms with Crippen molar-refractivity contribution in [1.29, 1.82) is 0 Å². The van der Waals surface area contributed by atoms with E-state index in [1.165, 1.54) is 25.9 Å². The number of aromatic nitrogens is 1. The average Bonchev–Trinajstić information content (AvgIpc) is 3.08. The molecule has 2 rings (SSSR count). The topological polar surface area (TPSA) is 52.5 Å². The van der Waals surface area contributed by atoms with Gasteiger partial charge in [-0.2, -0.15) is 13.2 Å². The molecule has 1 aromatic heterocycles. The number of guanidine groups is 1. The third kappa shape index (κ3) is 6.47. The molecule has 142 valence electrons. The monoisotopic (exact) mass is 377 g/mol. The Bertz CT molecular complexity index is 550. The Morgan fingerprint density at radius 2 is 2.08 bits per heavy atom. The van der Waals surface area contributed by atoms with Gasteiger partial charge in [-0.1, -0.05) is 6.92 Å². The second kappa shape index (κ2) is 9.38. The van der Waals surface area contributed by atoms with Crippen LogP contribution >= 0.6 is 11.3 Å². The summed E-state index contributed by atoms with van der Waals surface area (Å²) in [5, 5.41) is 7.67. The summed E-state index contributed by atoms with van der Waals surface area (Å²) in [5.41, 5.74) is -0.837. The van der Waals surface area contributed by atoms with Crippen LogP contribution in [0.1, 0.15) is 36.9 Å². The Balaban J connectivity index is 1.68. The smallest absolute Gasteiger partial charge is 0.356 e. The maximum Gasteiger partial charge on any atom is 0.434 e. The molecular weight excluding hydrogens is 351 g/mol. The maximum absolute atomic E-state index is 12.5. The van der Waals surface area contributed by atoms with Gasteiger partial charge in [-0.15, -0.1) is 11.3 Å². The lowest BCUT2D eigenvalue weighted by molar-refractivity contribution is -0.140. The van der Waals surface area contributed by atoms with Gasteiger partial charge in [-0.3, -0.25) is 4.99 Å². The largest absolute Gasteiger partial charge is 0.434 e.